The Bertz CT molecular complexity index is 1130. The smallest absolute Gasteiger partial charge is 0.253 e. The van der Waals surface area contributed by atoms with Crippen molar-refractivity contribution in [2.75, 3.05) is 32.1 Å². The van der Waals surface area contributed by atoms with Crippen molar-refractivity contribution in [3.8, 4) is 11.5 Å². The van der Waals surface area contributed by atoms with Crippen LogP contribution in [0.3, 0.4) is 0 Å². The number of methoxy groups -OCH3 is 1. The van der Waals surface area contributed by atoms with Crippen molar-refractivity contribution >= 4 is 11.6 Å². The molecule has 2 aliphatic rings. The lowest BCUT2D eigenvalue weighted by molar-refractivity contribution is -0.0395. The molecule has 3 heterocycles. The van der Waals surface area contributed by atoms with E-state index < -0.39 is 0 Å². The summed E-state index contributed by atoms with van der Waals surface area (Å²) in [5.74, 6) is 1.60. The molecule has 7 nitrogen and oxygen atoms in total. The van der Waals surface area contributed by atoms with Crippen LogP contribution in [0.25, 0.3) is 0 Å². The maximum Gasteiger partial charge on any atom is 0.253 e. The number of pyridine rings is 1. The molecule has 2 aliphatic heterocycles. The van der Waals surface area contributed by atoms with E-state index in [0.717, 1.165) is 36.3 Å². The molecule has 2 fully saturated rings. The number of ether oxygens (including phenoxy) is 3. The molecule has 1 atom stereocenters. The van der Waals surface area contributed by atoms with Gasteiger partial charge in [-0.05, 0) is 54.8 Å². The number of carbonyl (C=O) groups excluding carboxylic acids is 1. The number of nitrogens with one attached hydrogen (secondary N) is 1. The van der Waals surface area contributed by atoms with Crippen LogP contribution in [0.15, 0.2) is 73.1 Å². The standard InChI is InChI=1S/C28H31N3O4/c1-33-26-10-9-22(16-25(26)30-19-21-6-5-13-29-18-21)27(32)31-14-11-28(12-15-31)17-24(20-34-28)35-23-7-3-2-4-8-23/h2-10,13,16,18,24,30H,11-12,14-15,17,19-20H2,1H3/t24-/m0/s1. The zero-order valence-electron chi connectivity index (χ0n) is 20.0. The lowest BCUT2D eigenvalue weighted by Crippen LogP contribution is -2.46. The summed E-state index contributed by atoms with van der Waals surface area (Å²) >= 11 is 0. The molecule has 35 heavy (non-hydrogen) atoms. The van der Waals surface area contributed by atoms with Gasteiger partial charge < -0.3 is 24.4 Å². The number of hydrogen-bond donors (Lipinski definition) is 1. The van der Waals surface area contributed by atoms with Crippen LogP contribution in [0, 0.1) is 0 Å². The van der Waals surface area contributed by atoms with Crippen molar-refractivity contribution in [2.45, 2.75) is 37.5 Å². The SMILES string of the molecule is COc1ccc(C(=O)N2CCC3(CC2)C[C@H](Oc2ccccc2)CO3)cc1NCc1cccnc1. The van der Waals surface area contributed by atoms with Gasteiger partial charge >= 0.3 is 0 Å². The first-order valence-electron chi connectivity index (χ1n) is 12.1. The second-order valence-corrected chi connectivity index (χ2v) is 9.17. The molecule has 5 rings (SSSR count). The average molecular weight is 474 g/mol. The molecule has 1 amide bonds. The summed E-state index contributed by atoms with van der Waals surface area (Å²) in [6, 6.07) is 19.3. The van der Waals surface area contributed by atoms with Crippen molar-refractivity contribution in [1.82, 2.24) is 9.88 Å². The first kappa shape index (κ1) is 23.2. The number of para-hydroxylation sites is 1. The monoisotopic (exact) mass is 473 g/mol. The van der Waals surface area contributed by atoms with Crippen LogP contribution in [0.2, 0.25) is 0 Å². The summed E-state index contributed by atoms with van der Waals surface area (Å²) in [4.78, 5) is 19.4. The molecule has 182 valence electrons. The molecular formula is C28H31N3O4. The summed E-state index contributed by atoms with van der Waals surface area (Å²) < 4.78 is 17.8. The summed E-state index contributed by atoms with van der Waals surface area (Å²) in [5, 5.41) is 3.37. The van der Waals surface area contributed by atoms with Crippen molar-refractivity contribution in [3.63, 3.8) is 0 Å². The first-order chi connectivity index (χ1) is 17.1. The highest BCUT2D eigenvalue weighted by atomic mass is 16.6. The van der Waals surface area contributed by atoms with Crippen molar-refractivity contribution in [1.29, 1.82) is 0 Å². The van der Waals surface area contributed by atoms with E-state index in [9.17, 15) is 4.79 Å². The van der Waals surface area contributed by atoms with Crippen LogP contribution in [0.1, 0.15) is 35.2 Å². The Morgan fingerprint density at radius 2 is 1.97 bits per heavy atom. The van der Waals surface area contributed by atoms with E-state index in [-0.39, 0.29) is 17.6 Å². The quantitative estimate of drug-likeness (QED) is 0.543. The number of likely N-dealkylation sites (tertiary alicyclic amines) is 1. The van der Waals surface area contributed by atoms with Crippen LogP contribution in [0.5, 0.6) is 11.5 Å². The van der Waals surface area contributed by atoms with Gasteiger partial charge in [0.1, 0.15) is 17.6 Å². The lowest BCUT2D eigenvalue weighted by atomic mass is 9.87. The third-order valence-corrected chi connectivity index (χ3v) is 6.84. The van der Waals surface area contributed by atoms with E-state index >= 15 is 0 Å². The summed E-state index contributed by atoms with van der Waals surface area (Å²) in [6.45, 7) is 2.52. The fraction of sp³-hybridized carbons (Fsp3) is 0.357. The third kappa shape index (κ3) is 5.41. The van der Waals surface area contributed by atoms with Gasteiger partial charge in [-0.15, -0.1) is 0 Å². The van der Waals surface area contributed by atoms with E-state index in [1.165, 1.54) is 0 Å². The Morgan fingerprint density at radius 1 is 1.14 bits per heavy atom. The number of carbonyl (C=O) groups is 1. The number of benzene rings is 2. The Morgan fingerprint density at radius 3 is 2.71 bits per heavy atom. The molecule has 7 heteroatoms. The van der Waals surface area contributed by atoms with E-state index in [4.69, 9.17) is 14.2 Å². The van der Waals surface area contributed by atoms with Crippen molar-refractivity contribution in [3.05, 3.63) is 84.2 Å². The van der Waals surface area contributed by atoms with E-state index in [1.807, 2.05) is 71.8 Å². The number of anilines is 1. The average Bonchev–Trinajstić information content (AvgIpc) is 3.30. The number of hydrogen-bond acceptors (Lipinski definition) is 6. The minimum atomic E-state index is -0.202. The van der Waals surface area contributed by atoms with Crippen molar-refractivity contribution < 1.29 is 19.0 Å². The molecule has 0 bridgehead atoms. The van der Waals surface area contributed by atoms with Crippen LogP contribution >= 0.6 is 0 Å². The Hall–Kier alpha value is -3.58. The number of nitrogens with zero attached hydrogens (tertiary/aromatic N) is 2. The maximum absolute atomic E-state index is 13.3. The second-order valence-electron chi connectivity index (χ2n) is 9.17. The minimum absolute atomic E-state index is 0.0296. The largest absolute Gasteiger partial charge is 0.495 e. The maximum atomic E-state index is 13.3. The highest BCUT2D eigenvalue weighted by molar-refractivity contribution is 5.95. The van der Waals surface area contributed by atoms with Gasteiger partial charge in [0.05, 0.1) is 25.0 Å². The first-order valence-corrected chi connectivity index (χ1v) is 12.1. The van der Waals surface area contributed by atoms with Gasteiger partial charge in [-0.2, -0.15) is 0 Å². The molecular weight excluding hydrogens is 442 g/mol. The van der Waals surface area contributed by atoms with Crippen LogP contribution in [-0.2, 0) is 11.3 Å². The second kappa shape index (κ2) is 10.4. The molecule has 2 aromatic carbocycles. The molecule has 1 N–H and O–H groups in total. The van der Waals surface area contributed by atoms with Crippen molar-refractivity contribution in [2.24, 2.45) is 0 Å². The highest BCUT2D eigenvalue weighted by Crippen LogP contribution is 2.38. The molecule has 1 aromatic heterocycles. The highest BCUT2D eigenvalue weighted by Gasteiger charge is 2.44. The molecule has 0 saturated carbocycles. The summed E-state index contributed by atoms with van der Waals surface area (Å²) in [5.41, 5.74) is 2.29. The molecule has 0 unspecified atom stereocenters. The molecule has 3 aromatic rings. The predicted molar refractivity (Wildman–Crippen MR) is 134 cm³/mol. The number of amides is 1. The van der Waals surface area contributed by atoms with E-state index in [0.29, 0.717) is 37.6 Å². The number of rotatable bonds is 7. The Labute approximate surface area is 206 Å². The molecule has 2 saturated heterocycles. The van der Waals surface area contributed by atoms with Crippen LogP contribution < -0.4 is 14.8 Å². The Balaban J connectivity index is 1.19. The zero-order chi connectivity index (χ0) is 24.1. The number of piperidine rings is 1. The fourth-order valence-electron chi connectivity index (χ4n) is 4.90. The van der Waals surface area contributed by atoms with Gasteiger partial charge in [0.15, 0.2) is 0 Å². The molecule has 0 aliphatic carbocycles. The number of aromatic nitrogens is 1. The van der Waals surface area contributed by atoms with Gasteiger partial charge in [0.25, 0.3) is 5.91 Å². The summed E-state index contributed by atoms with van der Waals surface area (Å²) in [7, 11) is 1.63. The predicted octanol–water partition coefficient (Wildman–Crippen LogP) is 4.55. The van der Waals surface area contributed by atoms with Crippen LogP contribution in [-0.4, -0.2) is 54.3 Å². The van der Waals surface area contributed by atoms with Gasteiger partial charge in [0, 0.05) is 44.0 Å². The van der Waals surface area contributed by atoms with Gasteiger partial charge in [-0.3, -0.25) is 9.78 Å². The van der Waals surface area contributed by atoms with Gasteiger partial charge in [0.2, 0.25) is 0 Å². The van der Waals surface area contributed by atoms with Gasteiger partial charge in [-0.25, -0.2) is 0 Å². The lowest BCUT2D eigenvalue weighted by Gasteiger charge is -2.38. The van der Waals surface area contributed by atoms with Gasteiger partial charge in [-0.1, -0.05) is 24.3 Å². The normalized spacial score (nSPS) is 18.9. The minimum Gasteiger partial charge on any atom is -0.495 e. The molecule has 0 radical (unpaired) electrons. The fourth-order valence-corrected chi connectivity index (χ4v) is 4.90. The topological polar surface area (TPSA) is 72.9 Å². The van der Waals surface area contributed by atoms with E-state index in [1.54, 1.807) is 13.3 Å². The summed E-state index contributed by atoms with van der Waals surface area (Å²) in [6.07, 6.45) is 6.10. The van der Waals surface area contributed by atoms with Crippen LogP contribution in [0.4, 0.5) is 5.69 Å². The Kier molecular flexibility index (Phi) is 6.86. The van der Waals surface area contributed by atoms with E-state index in [2.05, 4.69) is 10.3 Å². The zero-order valence-corrected chi connectivity index (χ0v) is 20.0. The molecule has 1 spiro atoms. The third-order valence-electron chi connectivity index (χ3n) is 6.84.